The van der Waals surface area contributed by atoms with Crippen molar-refractivity contribution in [2.24, 2.45) is 0 Å². The molecule has 5 heterocycles. The van der Waals surface area contributed by atoms with Gasteiger partial charge >= 0.3 is 11.9 Å². The number of thiophene rings is 1. The van der Waals surface area contributed by atoms with Gasteiger partial charge in [0.1, 0.15) is 29.3 Å². The number of hydrogen-bond acceptors (Lipinski definition) is 8. The zero-order valence-electron chi connectivity index (χ0n) is 34.2. The summed E-state index contributed by atoms with van der Waals surface area (Å²) in [5.74, 6) is -5.45. The number of fused-ring (bicyclic) bond motifs is 7. The van der Waals surface area contributed by atoms with Crippen LogP contribution < -0.4 is 24.8 Å². The largest absolute Gasteiger partial charge is 0.481 e. The number of benzene rings is 3. The fourth-order valence-corrected chi connectivity index (χ4v) is 12.9. The summed E-state index contributed by atoms with van der Waals surface area (Å²) in [7, 11) is -1.55. The second-order valence-electron chi connectivity index (χ2n) is 16.7. The van der Waals surface area contributed by atoms with Crippen molar-refractivity contribution in [1.29, 1.82) is 0 Å². The SMILES string of the molecule is CN1c2cc3c(cc2C2=C(CCS2)C1(C)CCCCCC(=O)O)C(c1c(F)c(F)cc(F)c1S(=O)(=O)O)=c1cc2c(cc1O3)=[N+](C)C(C)(CCCCCC(=O)O)c1ccsc1-2. The predicted octanol–water partition coefficient (Wildman–Crippen LogP) is 8.91. The number of rotatable bonds is 14. The first kappa shape index (κ1) is 43.0. The van der Waals surface area contributed by atoms with Gasteiger partial charge in [-0.05, 0) is 68.2 Å². The molecule has 4 aliphatic rings. The van der Waals surface area contributed by atoms with E-state index in [0.29, 0.717) is 24.8 Å². The highest BCUT2D eigenvalue weighted by Gasteiger charge is 2.46. The van der Waals surface area contributed by atoms with Crippen LogP contribution in [0.5, 0.6) is 11.5 Å². The molecule has 4 aliphatic heterocycles. The Morgan fingerprint density at radius 3 is 2.25 bits per heavy atom. The number of carboxylic acid groups (broad SMARTS) is 2. The minimum atomic E-state index is -5.47. The third kappa shape index (κ3) is 7.26. The van der Waals surface area contributed by atoms with Crippen LogP contribution in [0.2, 0.25) is 0 Å². The Labute approximate surface area is 359 Å². The van der Waals surface area contributed by atoms with Crippen molar-refractivity contribution < 1.29 is 50.7 Å². The van der Waals surface area contributed by atoms with Crippen molar-refractivity contribution in [3.63, 3.8) is 0 Å². The molecule has 2 unspecified atom stereocenters. The highest BCUT2D eigenvalue weighted by Crippen LogP contribution is 2.56. The standard InChI is InChI=1S/C45H45F3N2O8S3/c1-44(15-9-5-7-11-36(51)52)28-13-17-59-41(28)24-19-26-34(22-32(24)49(44)3)58-35-23-33-25(20-27(35)38(26)39-40(48)30(46)21-31(47)43(39)61(55,56)57)42-29(14-18-60-42)45(2,50(33)4)16-10-6-8-12-37(53)54/h13,17,19-23H,5-12,14-16,18H2,1-4H3,(H2-,51,52,53,54,55,56,57)/p+1. The molecule has 3 N–H and O–H groups in total. The Morgan fingerprint density at radius 2 is 1.57 bits per heavy atom. The number of halogens is 3. The van der Waals surface area contributed by atoms with E-state index in [0.717, 1.165) is 76.2 Å². The molecule has 0 spiro atoms. The molecule has 61 heavy (non-hydrogen) atoms. The molecule has 16 heteroatoms. The van der Waals surface area contributed by atoms with Gasteiger partial charge in [-0.15, -0.1) is 23.1 Å². The normalized spacial score (nSPS) is 20.1. The zero-order chi connectivity index (χ0) is 43.8. The lowest BCUT2D eigenvalue weighted by Gasteiger charge is -2.47. The minimum absolute atomic E-state index is 0.0857. The minimum Gasteiger partial charge on any atom is -0.481 e. The van der Waals surface area contributed by atoms with E-state index in [2.05, 4.69) is 23.3 Å². The van der Waals surface area contributed by atoms with E-state index in [1.54, 1.807) is 36.0 Å². The number of likely N-dealkylation sites (N-methyl/N-ethyl adjacent to an activating group) is 1. The molecule has 8 rings (SSSR count). The first-order chi connectivity index (χ1) is 28.9. The summed E-state index contributed by atoms with van der Waals surface area (Å²) in [6.45, 7) is 4.28. The summed E-state index contributed by atoms with van der Waals surface area (Å²) in [6, 6.07) is 9.21. The summed E-state index contributed by atoms with van der Waals surface area (Å²) in [5, 5.41) is 21.2. The number of carboxylic acids is 2. The van der Waals surface area contributed by atoms with Gasteiger partial charge in [0.15, 0.2) is 17.2 Å². The fraction of sp³-hybridized carbons (Fsp3) is 0.400. The lowest BCUT2D eigenvalue weighted by Crippen LogP contribution is -2.48. The van der Waals surface area contributed by atoms with Gasteiger partial charge in [0.25, 0.3) is 10.1 Å². The van der Waals surface area contributed by atoms with Crippen LogP contribution in [0.25, 0.3) is 20.9 Å². The number of hydrogen-bond donors (Lipinski definition) is 3. The van der Waals surface area contributed by atoms with Gasteiger partial charge in [-0.2, -0.15) is 8.42 Å². The molecule has 10 nitrogen and oxygen atoms in total. The topological polar surface area (TPSA) is 144 Å². The highest BCUT2D eigenvalue weighted by molar-refractivity contribution is 8.08. The first-order valence-electron chi connectivity index (χ1n) is 20.3. The van der Waals surface area contributed by atoms with E-state index < -0.39 is 61.0 Å². The van der Waals surface area contributed by atoms with E-state index in [-0.39, 0.29) is 46.8 Å². The maximum absolute atomic E-state index is 16.5. The summed E-state index contributed by atoms with van der Waals surface area (Å²) in [4.78, 5) is 25.0. The van der Waals surface area contributed by atoms with Crippen LogP contribution in [0.4, 0.5) is 18.9 Å². The third-order valence-corrected chi connectivity index (χ3v) is 16.2. The maximum atomic E-state index is 16.5. The Hall–Kier alpha value is -4.64. The first-order valence-corrected chi connectivity index (χ1v) is 23.6. The summed E-state index contributed by atoms with van der Waals surface area (Å²) < 4.78 is 93.0. The van der Waals surface area contributed by atoms with Crippen LogP contribution in [-0.2, 0) is 25.2 Å². The van der Waals surface area contributed by atoms with Crippen LogP contribution >= 0.6 is 23.1 Å². The molecular formula is C45H46F3N2O8S3+. The molecule has 0 radical (unpaired) electrons. The number of anilines is 1. The molecule has 0 saturated heterocycles. The lowest BCUT2D eigenvalue weighted by molar-refractivity contribution is -0.138. The van der Waals surface area contributed by atoms with Gasteiger partial charge in [-0.3, -0.25) is 14.1 Å². The highest BCUT2D eigenvalue weighted by atomic mass is 32.2. The van der Waals surface area contributed by atoms with Gasteiger partial charge in [-0.25, -0.2) is 17.7 Å². The fourth-order valence-electron chi connectivity index (χ4n) is 9.74. The van der Waals surface area contributed by atoms with Crippen molar-refractivity contribution in [3.05, 3.63) is 97.6 Å². The summed E-state index contributed by atoms with van der Waals surface area (Å²) in [6.07, 6.45) is 6.51. The monoisotopic (exact) mass is 895 g/mol. The number of nitrogens with zero attached hydrogens (tertiary/aromatic N) is 2. The van der Waals surface area contributed by atoms with Crippen molar-refractivity contribution in [3.8, 4) is 21.9 Å². The average molecular weight is 896 g/mol. The van der Waals surface area contributed by atoms with E-state index in [1.807, 2.05) is 25.5 Å². The molecule has 2 atom stereocenters. The van der Waals surface area contributed by atoms with Gasteiger partial charge in [-0.1, -0.05) is 19.3 Å². The summed E-state index contributed by atoms with van der Waals surface area (Å²) >= 11 is 3.14. The molecule has 0 amide bonds. The molecule has 4 aromatic rings. The number of unbranched alkanes of at least 4 members (excludes halogenated alkanes) is 4. The van der Waals surface area contributed by atoms with E-state index in [9.17, 15) is 27.7 Å². The summed E-state index contributed by atoms with van der Waals surface area (Å²) in [5.41, 5.74) is 2.53. The van der Waals surface area contributed by atoms with Crippen LogP contribution in [0.1, 0.15) is 107 Å². The smallest absolute Gasteiger partial charge is 0.303 e. The number of ether oxygens (including phenoxy) is 1. The van der Waals surface area contributed by atoms with E-state index in [4.69, 9.17) is 9.84 Å². The zero-order valence-corrected chi connectivity index (χ0v) is 36.6. The van der Waals surface area contributed by atoms with Gasteiger partial charge in [0.05, 0.1) is 22.0 Å². The van der Waals surface area contributed by atoms with Crippen LogP contribution in [-0.4, -0.2) is 60.5 Å². The van der Waals surface area contributed by atoms with Crippen molar-refractivity contribution in [2.45, 2.75) is 100 Å². The molecule has 0 bridgehead atoms. The molecule has 322 valence electrons. The molecule has 0 aliphatic carbocycles. The lowest BCUT2D eigenvalue weighted by atomic mass is 9.78. The van der Waals surface area contributed by atoms with Crippen molar-refractivity contribution >= 4 is 61.3 Å². The Morgan fingerprint density at radius 1 is 0.885 bits per heavy atom. The maximum Gasteiger partial charge on any atom is 0.303 e. The average Bonchev–Trinajstić information content (AvgIpc) is 3.90. The van der Waals surface area contributed by atoms with E-state index >= 15 is 13.2 Å². The number of aliphatic carboxylic acids is 2. The van der Waals surface area contributed by atoms with Crippen LogP contribution in [0.15, 0.2) is 52.2 Å². The molecular weight excluding hydrogens is 850 g/mol. The van der Waals surface area contributed by atoms with Gasteiger partial charge < -0.3 is 19.8 Å². The Kier molecular flexibility index (Phi) is 11.2. The van der Waals surface area contributed by atoms with Gasteiger partial charge in [0, 0.05) is 94.8 Å². The second-order valence-corrected chi connectivity index (χ2v) is 20.1. The van der Waals surface area contributed by atoms with Crippen molar-refractivity contribution in [1.82, 2.24) is 4.58 Å². The number of carbonyl (C=O) groups is 2. The van der Waals surface area contributed by atoms with Gasteiger partial charge in [0.2, 0.25) is 5.36 Å². The van der Waals surface area contributed by atoms with E-state index in [1.165, 1.54) is 16.9 Å². The third-order valence-electron chi connectivity index (χ3n) is 13.2. The predicted molar refractivity (Wildman–Crippen MR) is 230 cm³/mol. The number of thioether (sulfide) groups is 1. The Balaban J connectivity index is 1.37. The molecule has 0 fully saturated rings. The van der Waals surface area contributed by atoms with Crippen LogP contribution in [0, 0.1) is 17.5 Å². The quantitative estimate of drug-likeness (QED) is 0.0428. The van der Waals surface area contributed by atoms with Crippen molar-refractivity contribution in [2.75, 3.05) is 24.7 Å². The second kappa shape index (κ2) is 15.9. The van der Waals surface area contributed by atoms with Crippen LogP contribution in [0.3, 0.4) is 0 Å². The molecule has 3 aromatic carbocycles. The Bertz CT molecular complexity index is 2820. The molecule has 0 saturated carbocycles. The molecule has 1 aromatic heterocycles.